The van der Waals surface area contributed by atoms with Crippen LogP contribution in [0.2, 0.25) is 0 Å². The van der Waals surface area contributed by atoms with Crippen LogP contribution in [0, 0.1) is 6.92 Å². The zero-order valence-corrected chi connectivity index (χ0v) is 12.5. The lowest BCUT2D eigenvalue weighted by Crippen LogP contribution is -2.28. The fraction of sp³-hybridized carbons (Fsp3) is 0.500. The van der Waals surface area contributed by atoms with Crippen LogP contribution in [0.25, 0.3) is 10.2 Å². The molecule has 0 aliphatic carbocycles. The van der Waals surface area contributed by atoms with Crippen LogP contribution in [0.5, 0.6) is 0 Å². The van der Waals surface area contributed by atoms with E-state index in [1.165, 1.54) is 0 Å². The molecule has 0 radical (unpaired) electrons. The number of likely N-dealkylation sites (tertiary alicyclic amines) is 1. The van der Waals surface area contributed by atoms with Crippen molar-refractivity contribution in [1.29, 1.82) is 0 Å². The molecule has 1 amide bonds. The maximum atomic E-state index is 11.9. The van der Waals surface area contributed by atoms with Crippen LogP contribution >= 0.6 is 11.3 Å². The molecule has 0 aromatic carbocycles. The minimum absolute atomic E-state index is 0.145. The number of nitrogens with zero attached hydrogens (tertiary/aromatic N) is 3. The lowest BCUT2D eigenvalue weighted by molar-refractivity contribution is -0.127. The van der Waals surface area contributed by atoms with Crippen molar-refractivity contribution in [2.75, 3.05) is 18.4 Å². The minimum atomic E-state index is 0.145. The van der Waals surface area contributed by atoms with Gasteiger partial charge in [0, 0.05) is 19.5 Å². The number of rotatable bonds is 4. The van der Waals surface area contributed by atoms with E-state index in [2.05, 4.69) is 22.2 Å². The Labute approximate surface area is 122 Å². The zero-order chi connectivity index (χ0) is 14.1. The summed E-state index contributed by atoms with van der Waals surface area (Å²) in [5.41, 5.74) is 0. The molecule has 1 aliphatic heterocycles. The minimum Gasteiger partial charge on any atom is -0.364 e. The number of aryl methyl sites for hydroxylation is 1. The summed E-state index contributed by atoms with van der Waals surface area (Å²) in [7, 11) is 0. The molecular formula is C14H18N4OS. The summed E-state index contributed by atoms with van der Waals surface area (Å²) in [6.45, 7) is 5.60. The Morgan fingerprint density at radius 3 is 3.15 bits per heavy atom. The fourth-order valence-electron chi connectivity index (χ4n) is 2.62. The lowest BCUT2D eigenvalue weighted by Gasteiger charge is -2.16. The van der Waals surface area contributed by atoms with Gasteiger partial charge in [0.2, 0.25) is 5.91 Å². The maximum Gasteiger partial charge on any atom is 0.224 e. The zero-order valence-electron chi connectivity index (χ0n) is 11.7. The normalized spacial score (nSPS) is 19.0. The van der Waals surface area contributed by atoms with E-state index < -0.39 is 0 Å². The molecule has 2 aromatic rings. The summed E-state index contributed by atoms with van der Waals surface area (Å²) in [5, 5.41) is 6.49. The SMILES string of the molecule is CCCN1C[C@H](Nc2nc(C)nc3sccc23)CC1=O. The topological polar surface area (TPSA) is 58.1 Å². The Kier molecular flexibility index (Phi) is 3.56. The average Bonchev–Trinajstić information content (AvgIpc) is 2.97. The summed E-state index contributed by atoms with van der Waals surface area (Å²) in [6.07, 6.45) is 1.55. The van der Waals surface area contributed by atoms with E-state index >= 15 is 0 Å². The highest BCUT2D eigenvalue weighted by atomic mass is 32.1. The fourth-order valence-corrected chi connectivity index (χ4v) is 3.43. The van der Waals surface area contributed by atoms with Gasteiger partial charge in [0.15, 0.2) is 0 Å². The molecule has 0 spiro atoms. The van der Waals surface area contributed by atoms with Crippen molar-refractivity contribution >= 4 is 33.3 Å². The molecule has 1 saturated heterocycles. The maximum absolute atomic E-state index is 11.9. The Bertz CT molecular complexity index is 639. The largest absolute Gasteiger partial charge is 0.364 e. The van der Waals surface area contributed by atoms with Crippen LogP contribution in [0.15, 0.2) is 11.4 Å². The van der Waals surface area contributed by atoms with E-state index in [-0.39, 0.29) is 11.9 Å². The summed E-state index contributed by atoms with van der Waals surface area (Å²) >= 11 is 1.61. The van der Waals surface area contributed by atoms with Crippen LogP contribution in [0.4, 0.5) is 5.82 Å². The number of carbonyl (C=O) groups is 1. The van der Waals surface area contributed by atoms with E-state index in [9.17, 15) is 4.79 Å². The summed E-state index contributed by atoms with van der Waals surface area (Å²) in [5.74, 6) is 1.85. The van der Waals surface area contributed by atoms with Gasteiger partial charge in [0.1, 0.15) is 16.5 Å². The second-order valence-corrected chi connectivity index (χ2v) is 6.04. The van der Waals surface area contributed by atoms with E-state index in [0.717, 1.165) is 41.4 Å². The number of amides is 1. The first-order valence-electron chi connectivity index (χ1n) is 6.93. The summed E-state index contributed by atoms with van der Waals surface area (Å²) in [6, 6.07) is 2.17. The van der Waals surface area contributed by atoms with Crippen LogP contribution in [-0.2, 0) is 4.79 Å². The first kappa shape index (κ1) is 13.3. The standard InChI is InChI=1S/C14H18N4OS/c1-3-5-18-8-10(7-12(18)19)17-13-11-4-6-20-14(11)16-9(2)15-13/h4,6,10H,3,5,7-8H2,1-2H3,(H,15,16,17)/t10-/m1/s1. The molecule has 2 aromatic heterocycles. The van der Waals surface area contributed by atoms with Crippen molar-refractivity contribution in [3.8, 4) is 0 Å². The highest BCUT2D eigenvalue weighted by Gasteiger charge is 2.29. The smallest absolute Gasteiger partial charge is 0.224 e. The first-order chi connectivity index (χ1) is 9.67. The van der Waals surface area contributed by atoms with Crippen molar-refractivity contribution in [1.82, 2.24) is 14.9 Å². The molecule has 106 valence electrons. The molecule has 1 aliphatic rings. The van der Waals surface area contributed by atoms with Gasteiger partial charge in [0.05, 0.1) is 11.4 Å². The Morgan fingerprint density at radius 1 is 1.50 bits per heavy atom. The number of fused-ring (bicyclic) bond motifs is 1. The van der Waals surface area contributed by atoms with Crippen LogP contribution in [0.1, 0.15) is 25.6 Å². The third-order valence-electron chi connectivity index (χ3n) is 3.49. The van der Waals surface area contributed by atoms with Crippen molar-refractivity contribution in [3.63, 3.8) is 0 Å². The number of aromatic nitrogens is 2. The number of carbonyl (C=O) groups excluding carboxylic acids is 1. The van der Waals surface area contributed by atoms with Gasteiger partial charge in [-0.3, -0.25) is 4.79 Å². The lowest BCUT2D eigenvalue weighted by atomic mass is 10.2. The van der Waals surface area contributed by atoms with Crippen molar-refractivity contribution in [2.24, 2.45) is 0 Å². The predicted molar refractivity (Wildman–Crippen MR) is 81.1 cm³/mol. The van der Waals surface area contributed by atoms with Gasteiger partial charge >= 0.3 is 0 Å². The molecule has 0 saturated carbocycles. The predicted octanol–water partition coefficient (Wildman–Crippen LogP) is 2.42. The molecule has 0 unspecified atom stereocenters. The molecule has 3 heterocycles. The second kappa shape index (κ2) is 5.36. The van der Waals surface area contributed by atoms with Crippen LogP contribution in [0.3, 0.4) is 0 Å². The van der Waals surface area contributed by atoms with Crippen LogP contribution < -0.4 is 5.32 Å². The van der Waals surface area contributed by atoms with Gasteiger partial charge in [-0.2, -0.15) is 0 Å². The Balaban J connectivity index is 1.80. The number of thiophene rings is 1. The molecule has 1 fully saturated rings. The van der Waals surface area contributed by atoms with Crippen molar-refractivity contribution in [3.05, 3.63) is 17.3 Å². The first-order valence-corrected chi connectivity index (χ1v) is 7.81. The molecule has 1 atom stereocenters. The molecule has 0 bridgehead atoms. The number of anilines is 1. The number of hydrogen-bond donors (Lipinski definition) is 1. The molecule has 3 rings (SSSR count). The molecule has 5 nitrogen and oxygen atoms in total. The van der Waals surface area contributed by atoms with E-state index in [1.54, 1.807) is 11.3 Å². The summed E-state index contributed by atoms with van der Waals surface area (Å²) < 4.78 is 0. The van der Waals surface area contributed by atoms with Crippen molar-refractivity contribution in [2.45, 2.75) is 32.7 Å². The molecule has 6 heteroatoms. The van der Waals surface area contributed by atoms with Gasteiger partial charge in [-0.1, -0.05) is 6.92 Å². The summed E-state index contributed by atoms with van der Waals surface area (Å²) in [4.78, 5) is 23.7. The average molecular weight is 290 g/mol. The monoisotopic (exact) mass is 290 g/mol. The Hall–Kier alpha value is -1.69. The molecular weight excluding hydrogens is 272 g/mol. The van der Waals surface area contributed by atoms with Crippen molar-refractivity contribution < 1.29 is 4.79 Å². The van der Waals surface area contributed by atoms with Crippen LogP contribution in [-0.4, -0.2) is 39.9 Å². The number of hydrogen-bond acceptors (Lipinski definition) is 5. The van der Waals surface area contributed by atoms with Gasteiger partial charge < -0.3 is 10.2 Å². The Morgan fingerprint density at radius 2 is 2.35 bits per heavy atom. The van der Waals surface area contributed by atoms with Gasteiger partial charge in [-0.15, -0.1) is 11.3 Å². The van der Waals surface area contributed by atoms with E-state index in [1.807, 2.05) is 23.3 Å². The van der Waals surface area contributed by atoms with Gasteiger partial charge in [0.25, 0.3) is 0 Å². The quantitative estimate of drug-likeness (QED) is 0.939. The van der Waals surface area contributed by atoms with Gasteiger partial charge in [-0.05, 0) is 24.8 Å². The highest BCUT2D eigenvalue weighted by molar-refractivity contribution is 7.16. The van der Waals surface area contributed by atoms with E-state index in [0.29, 0.717) is 6.42 Å². The number of nitrogens with one attached hydrogen (secondary N) is 1. The van der Waals surface area contributed by atoms with Gasteiger partial charge in [-0.25, -0.2) is 9.97 Å². The third-order valence-corrected chi connectivity index (χ3v) is 4.29. The second-order valence-electron chi connectivity index (χ2n) is 5.14. The molecule has 20 heavy (non-hydrogen) atoms. The van der Waals surface area contributed by atoms with E-state index in [4.69, 9.17) is 0 Å². The molecule has 1 N–H and O–H groups in total. The third kappa shape index (κ3) is 2.47. The highest BCUT2D eigenvalue weighted by Crippen LogP contribution is 2.26.